The third-order valence-electron chi connectivity index (χ3n) is 5.31. The maximum absolute atomic E-state index is 13.1. The number of benzene rings is 1. The zero-order chi connectivity index (χ0) is 20.2. The fourth-order valence-electron chi connectivity index (χ4n) is 3.72. The van der Waals surface area contributed by atoms with E-state index >= 15 is 0 Å². The van der Waals surface area contributed by atoms with E-state index in [1.807, 2.05) is 41.1 Å². The molecule has 1 unspecified atom stereocenters. The highest BCUT2D eigenvalue weighted by molar-refractivity contribution is 6.04. The largest absolute Gasteiger partial charge is 0.341 e. The Labute approximate surface area is 169 Å². The summed E-state index contributed by atoms with van der Waals surface area (Å²) < 4.78 is 1.80. The van der Waals surface area contributed by atoms with Crippen LogP contribution in [0, 0.1) is 0 Å². The van der Waals surface area contributed by atoms with Crippen molar-refractivity contribution in [2.45, 2.75) is 25.8 Å². The van der Waals surface area contributed by atoms with Crippen LogP contribution >= 0.6 is 0 Å². The lowest BCUT2D eigenvalue weighted by Gasteiger charge is -2.23. The summed E-state index contributed by atoms with van der Waals surface area (Å²) in [5.74, 6) is 0.0358. The molecule has 1 aromatic carbocycles. The molecule has 2 aromatic heterocycles. The highest BCUT2D eigenvalue weighted by Crippen LogP contribution is 2.18. The first-order valence-electron chi connectivity index (χ1n) is 9.89. The van der Waals surface area contributed by atoms with E-state index in [0.717, 1.165) is 6.42 Å². The summed E-state index contributed by atoms with van der Waals surface area (Å²) in [6.45, 7) is 4.31. The Morgan fingerprint density at radius 1 is 1.00 bits per heavy atom. The molecule has 0 saturated carbocycles. The normalized spacial score (nSPS) is 15.9. The molecule has 3 heterocycles. The first-order valence-corrected chi connectivity index (χ1v) is 9.89. The number of hydrogen-bond acceptors (Lipinski definition) is 5. The van der Waals surface area contributed by atoms with E-state index in [4.69, 9.17) is 0 Å². The number of hydrogen-bond donors (Lipinski definition) is 0. The van der Waals surface area contributed by atoms with Crippen molar-refractivity contribution in [3.63, 3.8) is 0 Å². The van der Waals surface area contributed by atoms with Gasteiger partial charge in [-0.25, -0.2) is 0 Å². The molecular weight excluding hydrogens is 368 g/mol. The Bertz CT molecular complexity index is 998. The molecule has 1 aliphatic rings. The molecule has 0 aliphatic carbocycles. The molecule has 0 N–H and O–H groups in total. The van der Waals surface area contributed by atoms with Crippen LogP contribution in [-0.4, -0.2) is 67.5 Å². The van der Waals surface area contributed by atoms with Gasteiger partial charge in [0.05, 0.1) is 17.1 Å². The second-order valence-electron chi connectivity index (χ2n) is 7.30. The minimum atomic E-state index is -0.0599. The van der Waals surface area contributed by atoms with Gasteiger partial charge in [-0.15, -0.1) is 0 Å². The minimum absolute atomic E-state index is 0.00717. The van der Waals surface area contributed by atoms with Crippen LogP contribution in [0.5, 0.6) is 0 Å². The van der Waals surface area contributed by atoms with E-state index in [0.29, 0.717) is 49.2 Å². The van der Waals surface area contributed by atoms with Crippen LogP contribution in [0.1, 0.15) is 36.2 Å². The molecule has 1 aliphatic heterocycles. The molecule has 29 heavy (non-hydrogen) atoms. The van der Waals surface area contributed by atoms with Gasteiger partial charge in [0.1, 0.15) is 5.52 Å². The smallest absolute Gasteiger partial charge is 0.256 e. The van der Waals surface area contributed by atoms with Gasteiger partial charge >= 0.3 is 0 Å². The molecule has 2 amide bonds. The first-order chi connectivity index (χ1) is 14.1. The van der Waals surface area contributed by atoms with Gasteiger partial charge in [-0.3, -0.25) is 24.2 Å². The summed E-state index contributed by atoms with van der Waals surface area (Å²) in [4.78, 5) is 38.1. The maximum Gasteiger partial charge on any atom is 0.256 e. The lowest BCUT2D eigenvalue weighted by molar-refractivity contribution is -0.131. The topological polar surface area (TPSA) is 84.2 Å². The van der Waals surface area contributed by atoms with E-state index in [1.165, 1.54) is 0 Å². The summed E-state index contributed by atoms with van der Waals surface area (Å²) in [6, 6.07) is 7.33. The number of aromatic nitrogens is 4. The van der Waals surface area contributed by atoms with E-state index in [1.54, 1.807) is 29.3 Å². The fourth-order valence-corrected chi connectivity index (χ4v) is 3.72. The average Bonchev–Trinajstić information content (AvgIpc) is 3.17. The number of carbonyl (C=O) groups excluding carboxylic acids is 2. The monoisotopic (exact) mass is 392 g/mol. The number of nitrogens with zero attached hydrogens (tertiary/aromatic N) is 6. The predicted molar refractivity (Wildman–Crippen MR) is 108 cm³/mol. The van der Waals surface area contributed by atoms with E-state index < -0.39 is 0 Å². The highest BCUT2D eigenvalue weighted by Gasteiger charge is 2.25. The van der Waals surface area contributed by atoms with Crippen LogP contribution in [0.25, 0.3) is 11.0 Å². The van der Waals surface area contributed by atoms with Gasteiger partial charge in [0.15, 0.2) is 0 Å². The van der Waals surface area contributed by atoms with Crippen molar-refractivity contribution >= 4 is 22.8 Å². The Morgan fingerprint density at radius 3 is 2.62 bits per heavy atom. The quantitative estimate of drug-likeness (QED) is 0.679. The molecule has 1 saturated heterocycles. The first kappa shape index (κ1) is 19.0. The van der Waals surface area contributed by atoms with E-state index in [-0.39, 0.29) is 17.9 Å². The number of amides is 2. The van der Waals surface area contributed by atoms with Crippen LogP contribution in [0.4, 0.5) is 0 Å². The predicted octanol–water partition coefficient (Wildman–Crippen LogP) is 2.15. The Kier molecular flexibility index (Phi) is 5.50. The van der Waals surface area contributed by atoms with Crippen molar-refractivity contribution in [1.29, 1.82) is 0 Å². The fraction of sp³-hybridized carbons (Fsp3) is 0.381. The zero-order valence-corrected chi connectivity index (χ0v) is 16.4. The second-order valence-corrected chi connectivity index (χ2v) is 7.30. The third-order valence-corrected chi connectivity index (χ3v) is 5.31. The maximum atomic E-state index is 13.1. The molecule has 1 fully saturated rings. The second kappa shape index (κ2) is 8.38. The third kappa shape index (κ3) is 4.11. The lowest BCUT2D eigenvalue weighted by Crippen LogP contribution is -2.38. The van der Waals surface area contributed by atoms with Crippen molar-refractivity contribution in [3.05, 3.63) is 54.6 Å². The van der Waals surface area contributed by atoms with Gasteiger partial charge in [-0.1, -0.05) is 6.07 Å². The van der Waals surface area contributed by atoms with Gasteiger partial charge in [0, 0.05) is 57.4 Å². The van der Waals surface area contributed by atoms with Crippen molar-refractivity contribution in [3.8, 4) is 0 Å². The van der Waals surface area contributed by atoms with Crippen molar-refractivity contribution in [1.82, 2.24) is 29.5 Å². The van der Waals surface area contributed by atoms with Crippen LogP contribution in [0.2, 0.25) is 0 Å². The summed E-state index contributed by atoms with van der Waals surface area (Å²) in [7, 11) is 0. The summed E-state index contributed by atoms with van der Waals surface area (Å²) in [5.41, 5.74) is 1.88. The van der Waals surface area contributed by atoms with Crippen LogP contribution in [0.15, 0.2) is 49.1 Å². The Morgan fingerprint density at radius 2 is 1.79 bits per heavy atom. The lowest BCUT2D eigenvalue weighted by atomic mass is 10.1. The van der Waals surface area contributed by atoms with E-state index in [9.17, 15) is 9.59 Å². The number of rotatable bonds is 4. The standard InChI is InChI=1S/C21H24N6O2/c1-16(27-12-3-7-24-27)15-19(28)25-10-4-11-26(14-13-25)21(29)17-5-2-6-18-20(17)23-9-8-22-18/h2-3,5-9,12,16H,4,10-11,13-15H2,1H3. The van der Waals surface area contributed by atoms with Gasteiger partial charge in [-0.05, 0) is 31.5 Å². The highest BCUT2D eigenvalue weighted by atomic mass is 16.2. The molecule has 0 radical (unpaired) electrons. The number of carbonyl (C=O) groups is 2. The Balaban J connectivity index is 1.42. The molecular formula is C21H24N6O2. The van der Waals surface area contributed by atoms with Crippen molar-refractivity contribution < 1.29 is 9.59 Å². The summed E-state index contributed by atoms with van der Waals surface area (Å²) >= 11 is 0. The van der Waals surface area contributed by atoms with Crippen molar-refractivity contribution in [2.24, 2.45) is 0 Å². The number of para-hydroxylation sites is 1. The number of fused-ring (bicyclic) bond motifs is 1. The molecule has 150 valence electrons. The molecule has 0 bridgehead atoms. The molecule has 3 aromatic rings. The van der Waals surface area contributed by atoms with Crippen LogP contribution in [-0.2, 0) is 4.79 Å². The van der Waals surface area contributed by atoms with Gasteiger partial charge in [0.2, 0.25) is 5.91 Å². The molecule has 8 heteroatoms. The molecule has 1 atom stereocenters. The van der Waals surface area contributed by atoms with Gasteiger partial charge in [0.25, 0.3) is 5.91 Å². The summed E-state index contributed by atoms with van der Waals surface area (Å²) in [5, 5.41) is 4.21. The average molecular weight is 392 g/mol. The minimum Gasteiger partial charge on any atom is -0.341 e. The van der Waals surface area contributed by atoms with E-state index in [2.05, 4.69) is 15.1 Å². The SMILES string of the molecule is CC(CC(=O)N1CCCN(C(=O)c2cccc3nccnc23)CC1)n1cccn1. The molecule has 8 nitrogen and oxygen atoms in total. The summed E-state index contributed by atoms with van der Waals surface area (Å²) in [6.07, 6.45) is 7.96. The zero-order valence-electron chi connectivity index (χ0n) is 16.4. The van der Waals surface area contributed by atoms with Crippen molar-refractivity contribution in [2.75, 3.05) is 26.2 Å². The molecule has 4 rings (SSSR count). The Hall–Kier alpha value is -3.29. The molecule has 0 spiro atoms. The van der Waals surface area contributed by atoms with Crippen LogP contribution in [0.3, 0.4) is 0 Å². The van der Waals surface area contributed by atoms with Crippen LogP contribution < -0.4 is 0 Å². The van der Waals surface area contributed by atoms with Gasteiger partial charge < -0.3 is 9.80 Å². The van der Waals surface area contributed by atoms with Gasteiger partial charge in [-0.2, -0.15) is 5.10 Å².